The second kappa shape index (κ2) is 7.59. The van der Waals surface area contributed by atoms with E-state index in [0.717, 1.165) is 46.9 Å². The van der Waals surface area contributed by atoms with Gasteiger partial charge in [0, 0.05) is 12.1 Å². The summed E-state index contributed by atoms with van der Waals surface area (Å²) in [6.07, 6.45) is 2.37. The number of nitrogens with zero attached hydrogens (tertiary/aromatic N) is 1. The molecule has 2 aromatic rings. The minimum absolute atomic E-state index is 0.0345. The number of amides is 1. The number of para-hydroxylation sites is 1. The molecule has 1 aromatic heterocycles. The fraction of sp³-hybridized carbons (Fsp3) is 0.474. The third-order valence-electron chi connectivity index (χ3n) is 4.63. The smallest absolute Gasteiger partial charge is 0.226 e. The van der Waals surface area contributed by atoms with Crippen LogP contribution in [0.2, 0.25) is 0 Å². The second-order valence-corrected chi connectivity index (χ2v) is 6.36. The van der Waals surface area contributed by atoms with Gasteiger partial charge in [0.15, 0.2) is 11.5 Å². The molecule has 0 unspecified atom stereocenters. The van der Waals surface area contributed by atoms with Gasteiger partial charge in [-0.2, -0.15) is 0 Å². The van der Waals surface area contributed by atoms with Gasteiger partial charge >= 0.3 is 0 Å². The van der Waals surface area contributed by atoms with Crippen molar-refractivity contribution in [2.24, 2.45) is 5.92 Å². The average molecular weight is 344 g/mol. The third-order valence-corrected chi connectivity index (χ3v) is 4.63. The van der Waals surface area contributed by atoms with Crippen molar-refractivity contribution in [2.45, 2.75) is 33.1 Å². The van der Waals surface area contributed by atoms with Crippen LogP contribution in [0, 0.1) is 19.8 Å². The van der Waals surface area contributed by atoms with Crippen molar-refractivity contribution in [3.8, 4) is 11.5 Å². The van der Waals surface area contributed by atoms with Gasteiger partial charge in [-0.05, 0) is 44.7 Å². The van der Waals surface area contributed by atoms with Crippen molar-refractivity contribution in [1.82, 2.24) is 10.5 Å². The second-order valence-electron chi connectivity index (χ2n) is 6.36. The summed E-state index contributed by atoms with van der Waals surface area (Å²) in [6.45, 7) is 4.86. The van der Waals surface area contributed by atoms with E-state index in [4.69, 9.17) is 14.0 Å². The number of aryl methyl sites for hydroxylation is 2. The number of hydrogen-bond acceptors (Lipinski definition) is 5. The molecule has 0 bridgehead atoms. The molecular formula is C19H24N2O4. The summed E-state index contributed by atoms with van der Waals surface area (Å²) in [6, 6.07) is 5.77. The molecule has 2 heterocycles. The molecule has 25 heavy (non-hydrogen) atoms. The Balaban J connectivity index is 1.49. The van der Waals surface area contributed by atoms with Gasteiger partial charge < -0.3 is 19.3 Å². The van der Waals surface area contributed by atoms with Gasteiger partial charge in [0.1, 0.15) is 12.4 Å². The molecule has 0 spiro atoms. The molecule has 0 saturated carbocycles. The largest absolute Gasteiger partial charge is 0.493 e. The van der Waals surface area contributed by atoms with E-state index in [0.29, 0.717) is 19.6 Å². The van der Waals surface area contributed by atoms with Crippen LogP contribution in [0.5, 0.6) is 11.5 Å². The lowest BCUT2D eigenvalue weighted by molar-refractivity contribution is -0.126. The maximum atomic E-state index is 12.4. The van der Waals surface area contributed by atoms with E-state index in [1.165, 1.54) is 0 Å². The first kappa shape index (κ1) is 17.3. The molecular weight excluding hydrogens is 320 g/mol. The van der Waals surface area contributed by atoms with E-state index in [9.17, 15) is 4.79 Å². The van der Waals surface area contributed by atoms with Crippen molar-refractivity contribution in [3.05, 3.63) is 40.8 Å². The molecule has 0 saturated heterocycles. The highest BCUT2D eigenvalue weighted by Gasteiger charge is 2.27. The fourth-order valence-electron chi connectivity index (χ4n) is 3.20. The van der Waals surface area contributed by atoms with Crippen LogP contribution in [0.3, 0.4) is 0 Å². The lowest BCUT2D eigenvalue weighted by atomic mass is 9.95. The summed E-state index contributed by atoms with van der Waals surface area (Å²) in [5, 5.41) is 6.96. The molecule has 6 nitrogen and oxygen atoms in total. The molecule has 134 valence electrons. The van der Waals surface area contributed by atoms with Crippen LogP contribution in [0.1, 0.15) is 29.0 Å². The number of nitrogens with one attached hydrogen (secondary N) is 1. The molecule has 1 aliphatic heterocycles. The Labute approximate surface area is 147 Å². The topological polar surface area (TPSA) is 73.6 Å². The van der Waals surface area contributed by atoms with E-state index in [2.05, 4.69) is 10.5 Å². The zero-order valence-electron chi connectivity index (χ0n) is 14.9. The van der Waals surface area contributed by atoms with Crippen molar-refractivity contribution in [1.29, 1.82) is 0 Å². The predicted molar refractivity (Wildman–Crippen MR) is 93.0 cm³/mol. The molecule has 1 aliphatic rings. The number of carbonyl (C=O) groups is 1. The maximum Gasteiger partial charge on any atom is 0.226 e. The Morgan fingerprint density at radius 3 is 2.96 bits per heavy atom. The molecule has 1 N–H and O–H groups in total. The number of ether oxygens (including phenoxy) is 2. The highest BCUT2D eigenvalue weighted by molar-refractivity contribution is 5.79. The molecule has 3 rings (SSSR count). The van der Waals surface area contributed by atoms with Crippen molar-refractivity contribution >= 4 is 5.91 Å². The van der Waals surface area contributed by atoms with Gasteiger partial charge in [-0.1, -0.05) is 17.3 Å². The van der Waals surface area contributed by atoms with Crippen LogP contribution >= 0.6 is 0 Å². The summed E-state index contributed by atoms with van der Waals surface area (Å²) in [4.78, 5) is 12.4. The summed E-state index contributed by atoms with van der Waals surface area (Å²) in [5.74, 6) is 2.20. The molecule has 1 amide bonds. The Hall–Kier alpha value is -2.50. The normalized spacial score (nSPS) is 16.0. The molecule has 0 fully saturated rings. The number of benzene rings is 1. The average Bonchev–Trinajstić information content (AvgIpc) is 2.95. The van der Waals surface area contributed by atoms with Crippen molar-refractivity contribution in [2.75, 3.05) is 20.3 Å². The van der Waals surface area contributed by atoms with Crippen LogP contribution in [-0.4, -0.2) is 31.3 Å². The summed E-state index contributed by atoms with van der Waals surface area (Å²) < 4.78 is 16.2. The summed E-state index contributed by atoms with van der Waals surface area (Å²) in [5.41, 5.74) is 3.08. The minimum atomic E-state index is -0.168. The Kier molecular flexibility index (Phi) is 5.26. The van der Waals surface area contributed by atoms with Crippen LogP contribution < -0.4 is 14.8 Å². The molecule has 0 aliphatic carbocycles. The molecule has 6 heteroatoms. The number of carbonyl (C=O) groups excluding carboxylic acids is 1. The first-order valence-corrected chi connectivity index (χ1v) is 8.58. The number of hydrogen-bond donors (Lipinski definition) is 1. The van der Waals surface area contributed by atoms with Crippen LogP contribution in [0.15, 0.2) is 22.7 Å². The van der Waals surface area contributed by atoms with Gasteiger partial charge in [0.2, 0.25) is 5.91 Å². The Bertz CT molecular complexity index is 734. The van der Waals surface area contributed by atoms with Gasteiger partial charge in [-0.15, -0.1) is 0 Å². The minimum Gasteiger partial charge on any atom is -0.493 e. The molecule has 0 radical (unpaired) electrons. The lowest BCUT2D eigenvalue weighted by Gasteiger charge is -2.25. The standard InChI is InChI=1S/C19H24N2O4/c1-12-16(13(2)25-21-12)7-5-9-20-19(22)15-10-14-6-4-8-17(23-3)18(14)24-11-15/h4,6,8,15H,5,7,9-11H2,1-3H3,(H,20,22)/t15-/m1/s1. The van der Waals surface area contributed by atoms with E-state index in [1.807, 2.05) is 32.0 Å². The fourth-order valence-corrected chi connectivity index (χ4v) is 3.20. The quantitative estimate of drug-likeness (QED) is 0.816. The van der Waals surface area contributed by atoms with Gasteiger partial charge in [0.25, 0.3) is 0 Å². The molecule has 1 atom stereocenters. The number of aromatic nitrogens is 1. The lowest BCUT2D eigenvalue weighted by Crippen LogP contribution is -2.37. The van der Waals surface area contributed by atoms with Crippen LogP contribution in [0.4, 0.5) is 0 Å². The van der Waals surface area contributed by atoms with E-state index < -0.39 is 0 Å². The van der Waals surface area contributed by atoms with E-state index >= 15 is 0 Å². The SMILES string of the molecule is COc1cccc2c1OC[C@H](C(=O)NCCCc1c(C)noc1C)C2. The highest BCUT2D eigenvalue weighted by Crippen LogP contribution is 2.36. The van der Waals surface area contributed by atoms with Crippen LogP contribution in [-0.2, 0) is 17.6 Å². The van der Waals surface area contributed by atoms with E-state index in [1.54, 1.807) is 7.11 Å². The number of fused-ring (bicyclic) bond motifs is 1. The monoisotopic (exact) mass is 344 g/mol. The predicted octanol–water partition coefficient (Wildman–Crippen LogP) is 2.60. The highest BCUT2D eigenvalue weighted by atomic mass is 16.5. The zero-order valence-corrected chi connectivity index (χ0v) is 14.9. The maximum absolute atomic E-state index is 12.4. The van der Waals surface area contributed by atoms with Crippen molar-refractivity contribution < 1.29 is 18.8 Å². The summed E-state index contributed by atoms with van der Waals surface area (Å²) >= 11 is 0. The van der Waals surface area contributed by atoms with Crippen molar-refractivity contribution in [3.63, 3.8) is 0 Å². The third kappa shape index (κ3) is 3.78. The van der Waals surface area contributed by atoms with Gasteiger partial charge in [-0.25, -0.2) is 0 Å². The number of methoxy groups -OCH3 is 1. The summed E-state index contributed by atoms with van der Waals surface area (Å²) in [7, 11) is 1.62. The first-order chi connectivity index (χ1) is 12.1. The van der Waals surface area contributed by atoms with Crippen LogP contribution in [0.25, 0.3) is 0 Å². The Morgan fingerprint density at radius 2 is 2.24 bits per heavy atom. The number of rotatable bonds is 6. The zero-order chi connectivity index (χ0) is 17.8. The van der Waals surface area contributed by atoms with E-state index in [-0.39, 0.29) is 11.8 Å². The molecule has 1 aromatic carbocycles. The first-order valence-electron chi connectivity index (χ1n) is 8.58. The Morgan fingerprint density at radius 1 is 1.40 bits per heavy atom. The van der Waals surface area contributed by atoms with Gasteiger partial charge in [0.05, 0.1) is 18.7 Å². The van der Waals surface area contributed by atoms with Gasteiger partial charge in [-0.3, -0.25) is 4.79 Å².